The molecular formula is C19H17ClN6OS. The summed E-state index contributed by atoms with van der Waals surface area (Å²) in [6.07, 6.45) is 1.70. The fraction of sp³-hybridized carbons (Fsp3) is 0.263. The van der Waals surface area contributed by atoms with E-state index in [9.17, 15) is 0 Å². The number of hydrogen-bond acceptors (Lipinski definition) is 6. The number of thiophene rings is 1. The van der Waals surface area contributed by atoms with Crippen LogP contribution in [0.1, 0.15) is 27.6 Å². The maximum Gasteiger partial charge on any atom is 0.217 e. The Hall–Kier alpha value is -2.71. The number of furan rings is 1. The molecule has 0 aliphatic carbocycles. The molecule has 0 amide bonds. The molecule has 5 aromatic rings. The largest absolute Gasteiger partial charge is 0.456 e. The predicted octanol–water partition coefficient (Wildman–Crippen LogP) is 4.73. The maximum atomic E-state index is 6.23. The lowest BCUT2D eigenvalue weighted by atomic mass is 10.2. The number of aryl methyl sites for hydroxylation is 3. The summed E-state index contributed by atoms with van der Waals surface area (Å²) in [4.78, 5) is 11.4. The van der Waals surface area contributed by atoms with Gasteiger partial charge < -0.3 is 4.42 Å². The van der Waals surface area contributed by atoms with Gasteiger partial charge in [-0.1, -0.05) is 11.6 Å². The van der Waals surface area contributed by atoms with Gasteiger partial charge in [0.25, 0.3) is 0 Å². The second kappa shape index (κ2) is 6.15. The number of aromatic nitrogens is 6. The molecule has 0 unspecified atom stereocenters. The molecule has 0 fully saturated rings. The third-order valence-corrected chi connectivity index (χ3v) is 6.65. The zero-order chi connectivity index (χ0) is 19.6. The molecule has 9 heteroatoms. The highest BCUT2D eigenvalue weighted by molar-refractivity contribution is 7.18. The van der Waals surface area contributed by atoms with E-state index in [0.29, 0.717) is 23.2 Å². The molecule has 0 atom stereocenters. The molecule has 7 nitrogen and oxygen atoms in total. The molecule has 0 saturated heterocycles. The van der Waals surface area contributed by atoms with E-state index in [2.05, 4.69) is 29.0 Å². The Morgan fingerprint density at radius 1 is 1.14 bits per heavy atom. The fourth-order valence-electron chi connectivity index (χ4n) is 3.31. The van der Waals surface area contributed by atoms with Crippen molar-refractivity contribution in [3.8, 4) is 11.6 Å². The van der Waals surface area contributed by atoms with E-state index in [0.717, 1.165) is 33.0 Å². The summed E-state index contributed by atoms with van der Waals surface area (Å²) < 4.78 is 9.54. The summed E-state index contributed by atoms with van der Waals surface area (Å²) in [5.74, 6) is 1.92. The Morgan fingerprint density at radius 2 is 1.96 bits per heavy atom. The molecule has 142 valence electrons. The van der Waals surface area contributed by atoms with Crippen molar-refractivity contribution in [1.82, 2.24) is 29.4 Å². The summed E-state index contributed by atoms with van der Waals surface area (Å²) in [5.41, 5.74) is 3.72. The van der Waals surface area contributed by atoms with E-state index < -0.39 is 0 Å². The second-order valence-corrected chi connectivity index (χ2v) is 8.40. The molecule has 0 aromatic carbocycles. The fourth-order valence-corrected chi connectivity index (χ4v) is 4.44. The van der Waals surface area contributed by atoms with Crippen molar-refractivity contribution in [2.24, 2.45) is 0 Å². The van der Waals surface area contributed by atoms with E-state index in [-0.39, 0.29) is 0 Å². The minimum atomic E-state index is 0.501. The lowest BCUT2D eigenvalue weighted by Crippen LogP contribution is -2.02. The normalized spacial score (nSPS) is 11.9. The van der Waals surface area contributed by atoms with Crippen molar-refractivity contribution in [2.75, 3.05) is 0 Å². The Kier molecular flexibility index (Phi) is 3.82. The predicted molar refractivity (Wildman–Crippen MR) is 109 cm³/mol. The van der Waals surface area contributed by atoms with Crippen molar-refractivity contribution in [2.45, 2.75) is 34.2 Å². The minimum Gasteiger partial charge on any atom is -0.456 e. The average Bonchev–Trinajstić information content (AvgIpc) is 3.41. The van der Waals surface area contributed by atoms with Gasteiger partial charge in [0.05, 0.1) is 28.3 Å². The number of fused-ring (bicyclic) bond motifs is 3. The number of nitrogens with zero attached hydrogens (tertiary/aromatic N) is 6. The van der Waals surface area contributed by atoms with Gasteiger partial charge in [-0.05, 0) is 45.4 Å². The molecule has 0 aliphatic heterocycles. The third-order valence-electron chi connectivity index (χ3n) is 4.99. The van der Waals surface area contributed by atoms with Gasteiger partial charge in [-0.3, -0.25) is 4.68 Å². The first-order valence-corrected chi connectivity index (χ1v) is 10.0. The summed E-state index contributed by atoms with van der Waals surface area (Å²) in [7, 11) is 0. The molecule has 0 N–H and O–H groups in total. The lowest BCUT2D eigenvalue weighted by Gasteiger charge is -2.01. The second-order valence-electron chi connectivity index (χ2n) is 6.82. The van der Waals surface area contributed by atoms with Gasteiger partial charge in [-0.15, -0.1) is 16.4 Å². The van der Waals surface area contributed by atoms with Crippen molar-refractivity contribution in [3.05, 3.63) is 51.1 Å². The van der Waals surface area contributed by atoms with E-state index >= 15 is 0 Å². The Morgan fingerprint density at radius 3 is 2.71 bits per heavy atom. The van der Waals surface area contributed by atoms with Gasteiger partial charge in [-0.25, -0.2) is 14.5 Å². The van der Waals surface area contributed by atoms with Gasteiger partial charge in [0.15, 0.2) is 11.4 Å². The summed E-state index contributed by atoms with van der Waals surface area (Å²) in [6, 6.07) is 3.80. The van der Waals surface area contributed by atoms with Crippen LogP contribution in [0.15, 0.2) is 22.9 Å². The van der Waals surface area contributed by atoms with Crippen LogP contribution in [0.5, 0.6) is 0 Å². The first-order valence-electron chi connectivity index (χ1n) is 8.82. The van der Waals surface area contributed by atoms with Crippen LogP contribution in [-0.4, -0.2) is 29.4 Å². The smallest absolute Gasteiger partial charge is 0.217 e. The summed E-state index contributed by atoms with van der Waals surface area (Å²) in [6.45, 7) is 8.53. The van der Waals surface area contributed by atoms with Crippen LogP contribution in [-0.2, 0) is 6.54 Å². The van der Waals surface area contributed by atoms with Crippen LogP contribution in [0.3, 0.4) is 0 Å². The molecular weight excluding hydrogens is 396 g/mol. The molecule has 0 spiro atoms. The van der Waals surface area contributed by atoms with Crippen molar-refractivity contribution in [3.63, 3.8) is 0 Å². The first kappa shape index (κ1) is 17.4. The number of rotatable bonds is 3. The Bertz CT molecular complexity index is 1360. The van der Waals surface area contributed by atoms with Gasteiger partial charge >= 0.3 is 0 Å². The van der Waals surface area contributed by atoms with Crippen LogP contribution in [0, 0.1) is 27.7 Å². The zero-order valence-corrected chi connectivity index (χ0v) is 17.4. The van der Waals surface area contributed by atoms with Crippen LogP contribution < -0.4 is 0 Å². The van der Waals surface area contributed by atoms with E-state index in [1.807, 2.05) is 30.7 Å². The minimum absolute atomic E-state index is 0.501. The van der Waals surface area contributed by atoms with E-state index in [1.54, 1.807) is 22.2 Å². The maximum absolute atomic E-state index is 6.23. The zero-order valence-electron chi connectivity index (χ0n) is 15.8. The standard InChI is InChI=1S/C19H17ClN6OS/c1-9-12(4)28-19-15(9)18-22-17(24-26(18)8-21-19)14-6-5-13(27-14)7-25-11(3)16(20)10(2)23-25/h5-6,8H,7H2,1-4H3. The molecule has 0 bridgehead atoms. The average molecular weight is 413 g/mol. The van der Waals surface area contributed by atoms with Crippen molar-refractivity contribution >= 4 is 38.8 Å². The summed E-state index contributed by atoms with van der Waals surface area (Å²) >= 11 is 7.90. The molecule has 28 heavy (non-hydrogen) atoms. The van der Waals surface area contributed by atoms with Crippen molar-refractivity contribution in [1.29, 1.82) is 0 Å². The van der Waals surface area contributed by atoms with Crippen LogP contribution in [0.25, 0.3) is 27.4 Å². The SMILES string of the molecule is Cc1nn(Cc2ccc(-c3nc4c5c(C)c(C)sc5ncn4n3)o2)c(C)c1Cl. The molecule has 0 radical (unpaired) electrons. The monoisotopic (exact) mass is 412 g/mol. The summed E-state index contributed by atoms with van der Waals surface area (Å²) in [5, 5.41) is 10.7. The molecule has 5 aromatic heterocycles. The number of halogens is 1. The van der Waals surface area contributed by atoms with Gasteiger partial charge in [-0.2, -0.15) is 5.10 Å². The van der Waals surface area contributed by atoms with E-state index in [4.69, 9.17) is 21.0 Å². The van der Waals surface area contributed by atoms with Crippen LogP contribution in [0.2, 0.25) is 5.02 Å². The number of hydrogen-bond donors (Lipinski definition) is 0. The first-order chi connectivity index (χ1) is 13.4. The Labute approximate surface area is 169 Å². The molecule has 5 heterocycles. The van der Waals surface area contributed by atoms with Crippen LogP contribution in [0.4, 0.5) is 0 Å². The van der Waals surface area contributed by atoms with Crippen molar-refractivity contribution < 1.29 is 4.42 Å². The lowest BCUT2D eigenvalue weighted by molar-refractivity contribution is 0.483. The topological polar surface area (TPSA) is 74.0 Å². The van der Waals surface area contributed by atoms with E-state index in [1.165, 1.54) is 10.4 Å². The van der Waals surface area contributed by atoms with Gasteiger partial charge in [0.2, 0.25) is 5.82 Å². The molecule has 0 saturated carbocycles. The van der Waals surface area contributed by atoms with Gasteiger partial charge in [0.1, 0.15) is 16.9 Å². The van der Waals surface area contributed by atoms with Gasteiger partial charge in [0, 0.05) is 4.88 Å². The highest BCUT2D eigenvalue weighted by Gasteiger charge is 2.17. The highest BCUT2D eigenvalue weighted by atomic mass is 35.5. The quantitative estimate of drug-likeness (QED) is 0.428. The third kappa shape index (κ3) is 2.56. The highest BCUT2D eigenvalue weighted by Crippen LogP contribution is 2.32. The van der Waals surface area contributed by atoms with Crippen LogP contribution >= 0.6 is 22.9 Å². The Balaban J connectivity index is 1.54. The molecule has 5 rings (SSSR count). The molecule has 0 aliphatic rings.